The number of hydrogen-bond donors (Lipinski definition) is 0. The number of Topliss-reactive ketones (excluding diaryl/α,β-unsaturated/α-hetero) is 1. The number of fused-ring (bicyclic) bond motifs is 3. The van der Waals surface area contributed by atoms with Crippen LogP contribution in [0.5, 0.6) is 0 Å². The lowest BCUT2D eigenvalue weighted by molar-refractivity contribution is -0.120. The molecule has 0 aromatic heterocycles. The molecule has 0 aliphatic heterocycles. The number of carbonyl (C=O) groups is 1. The van der Waals surface area contributed by atoms with E-state index in [-0.39, 0.29) is 0 Å². The predicted octanol–water partition coefficient (Wildman–Crippen LogP) is 3.72. The Bertz CT molecular complexity index is 486. The molecular weight excluding hydrogens is 220 g/mol. The highest BCUT2D eigenvalue weighted by Gasteiger charge is 2.56. The van der Waals surface area contributed by atoms with Gasteiger partial charge >= 0.3 is 0 Å². The molecule has 4 rings (SSSR count). The summed E-state index contributed by atoms with van der Waals surface area (Å²) in [7, 11) is 0. The lowest BCUT2D eigenvalue weighted by Gasteiger charge is -2.13. The molecule has 1 heteroatoms. The summed E-state index contributed by atoms with van der Waals surface area (Å²) in [6, 6.07) is 8.76. The van der Waals surface area contributed by atoms with Crippen molar-refractivity contribution in [3.05, 3.63) is 35.4 Å². The van der Waals surface area contributed by atoms with E-state index in [1.807, 2.05) is 0 Å². The largest absolute Gasteiger partial charge is 0.299 e. The molecule has 1 nitrogen and oxygen atoms in total. The van der Waals surface area contributed by atoms with Gasteiger partial charge in [0.1, 0.15) is 5.78 Å². The van der Waals surface area contributed by atoms with Crippen LogP contribution in [0.3, 0.4) is 0 Å². The molecular formula is C17H20O. The molecule has 1 aromatic rings. The van der Waals surface area contributed by atoms with Gasteiger partial charge in [-0.05, 0) is 48.1 Å². The average molecular weight is 240 g/mol. The van der Waals surface area contributed by atoms with Crippen molar-refractivity contribution >= 4 is 5.78 Å². The summed E-state index contributed by atoms with van der Waals surface area (Å²) in [5, 5.41) is 0. The highest BCUT2D eigenvalue weighted by molar-refractivity contribution is 5.86. The van der Waals surface area contributed by atoms with Crippen molar-refractivity contribution in [3.63, 3.8) is 0 Å². The zero-order valence-electron chi connectivity index (χ0n) is 10.8. The van der Waals surface area contributed by atoms with E-state index in [4.69, 9.17) is 0 Å². The van der Waals surface area contributed by atoms with Crippen LogP contribution in [0.2, 0.25) is 0 Å². The fraction of sp³-hybridized carbons (Fsp3) is 0.588. The molecule has 0 saturated heterocycles. The fourth-order valence-corrected chi connectivity index (χ4v) is 3.92. The Morgan fingerprint density at radius 3 is 2.83 bits per heavy atom. The Hall–Kier alpha value is -1.11. The van der Waals surface area contributed by atoms with Gasteiger partial charge in [-0.3, -0.25) is 4.79 Å². The van der Waals surface area contributed by atoms with Crippen molar-refractivity contribution < 1.29 is 4.79 Å². The molecule has 2 saturated carbocycles. The van der Waals surface area contributed by atoms with Crippen molar-refractivity contribution in [2.24, 2.45) is 17.8 Å². The molecule has 3 aliphatic carbocycles. The van der Waals surface area contributed by atoms with Gasteiger partial charge in [-0.25, -0.2) is 0 Å². The van der Waals surface area contributed by atoms with Crippen molar-refractivity contribution in [1.29, 1.82) is 0 Å². The second-order valence-corrected chi connectivity index (χ2v) is 6.40. The van der Waals surface area contributed by atoms with Gasteiger partial charge in [0.2, 0.25) is 0 Å². The highest BCUT2D eigenvalue weighted by Crippen LogP contribution is 2.60. The Morgan fingerprint density at radius 1 is 1.17 bits per heavy atom. The summed E-state index contributed by atoms with van der Waals surface area (Å²) < 4.78 is 0. The van der Waals surface area contributed by atoms with Gasteiger partial charge in [0.25, 0.3) is 0 Å². The van der Waals surface area contributed by atoms with E-state index >= 15 is 0 Å². The number of benzene rings is 1. The summed E-state index contributed by atoms with van der Waals surface area (Å²) in [5.41, 5.74) is 2.98. The molecule has 18 heavy (non-hydrogen) atoms. The van der Waals surface area contributed by atoms with Crippen LogP contribution in [0.1, 0.15) is 49.1 Å². The Kier molecular flexibility index (Phi) is 2.36. The second kappa shape index (κ2) is 3.94. The molecule has 0 spiro atoms. The lowest BCUT2D eigenvalue weighted by atomic mass is 9.92. The minimum absolute atomic E-state index is 0.382. The number of ketones is 1. The molecule has 3 atom stereocenters. The maximum Gasteiger partial charge on any atom is 0.136 e. The van der Waals surface area contributed by atoms with Crippen LogP contribution in [-0.4, -0.2) is 5.78 Å². The van der Waals surface area contributed by atoms with Gasteiger partial charge in [-0.1, -0.05) is 37.1 Å². The van der Waals surface area contributed by atoms with Crippen LogP contribution < -0.4 is 0 Å². The van der Waals surface area contributed by atoms with Gasteiger partial charge in [0, 0.05) is 12.3 Å². The Morgan fingerprint density at radius 2 is 2.00 bits per heavy atom. The van der Waals surface area contributed by atoms with Gasteiger partial charge in [0.15, 0.2) is 0 Å². The van der Waals surface area contributed by atoms with Crippen LogP contribution in [0.4, 0.5) is 0 Å². The first-order chi connectivity index (χ1) is 8.84. The summed E-state index contributed by atoms with van der Waals surface area (Å²) in [5.74, 6) is 3.11. The number of rotatable bonds is 4. The maximum atomic E-state index is 12.3. The topological polar surface area (TPSA) is 17.1 Å². The summed E-state index contributed by atoms with van der Waals surface area (Å²) >= 11 is 0. The zero-order chi connectivity index (χ0) is 12.1. The SMILES string of the molecule is O=C(CCC1CC1)C1C2CCc3ccccc3C21. The molecule has 3 unspecified atom stereocenters. The Labute approximate surface area is 109 Å². The smallest absolute Gasteiger partial charge is 0.136 e. The van der Waals surface area contributed by atoms with Crippen LogP contribution in [0.25, 0.3) is 0 Å². The second-order valence-electron chi connectivity index (χ2n) is 6.40. The van der Waals surface area contributed by atoms with Gasteiger partial charge < -0.3 is 0 Å². The first-order valence-electron chi connectivity index (χ1n) is 7.45. The molecule has 0 heterocycles. The monoisotopic (exact) mass is 240 g/mol. The molecule has 3 aliphatic rings. The van der Waals surface area contributed by atoms with E-state index in [2.05, 4.69) is 24.3 Å². The molecule has 0 radical (unpaired) electrons. The predicted molar refractivity (Wildman–Crippen MR) is 71.4 cm³/mol. The first kappa shape index (κ1) is 10.8. The number of aryl methyl sites for hydroxylation is 1. The molecule has 0 N–H and O–H groups in total. The maximum absolute atomic E-state index is 12.3. The van der Waals surface area contributed by atoms with Crippen molar-refractivity contribution in [2.45, 2.75) is 44.4 Å². The third-order valence-electron chi connectivity index (χ3n) is 5.20. The van der Waals surface area contributed by atoms with E-state index < -0.39 is 0 Å². The third-order valence-corrected chi connectivity index (χ3v) is 5.20. The van der Waals surface area contributed by atoms with E-state index in [9.17, 15) is 4.79 Å². The van der Waals surface area contributed by atoms with E-state index in [1.54, 1.807) is 0 Å². The highest BCUT2D eigenvalue weighted by atomic mass is 16.1. The molecule has 0 bridgehead atoms. The van der Waals surface area contributed by atoms with Crippen molar-refractivity contribution in [2.75, 3.05) is 0 Å². The van der Waals surface area contributed by atoms with Gasteiger partial charge in [0.05, 0.1) is 0 Å². The van der Waals surface area contributed by atoms with E-state index in [0.29, 0.717) is 23.5 Å². The van der Waals surface area contributed by atoms with Gasteiger partial charge in [-0.15, -0.1) is 0 Å². The zero-order valence-corrected chi connectivity index (χ0v) is 10.8. The van der Waals surface area contributed by atoms with Gasteiger partial charge in [-0.2, -0.15) is 0 Å². The van der Waals surface area contributed by atoms with Crippen LogP contribution in [-0.2, 0) is 11.2 Å². The average Bonchev–Trinajstić information content (AvgIpc) is 3.29. The minimum atomic E-state index is 0.382. The minimum Gasteiger partial charge on any atom is -0.299 e. The van der Waals surface area contributed by atoms with Crippen LogP contribution >= 0.6 is 0 Å². The third kappa shape index (κ3) is 1.72. The van der Waals surface area contributed by atoms with E-state index in [0.717, 1.165) is 18.8 Å². The Balaban J connectivity index is 1.48. The quantitative estimate of drug-likeness (QED) is 0.784. The van der Waals surface area contributed by atoms with Crippen molar-refractivity contribution in [3.8, 4) is 0 Å². The summed E-state index contributed by atoms with van der Waals surface area (Å²) in [6.45, 7) is 0. The molecule has 1 aromatic carbocycles. The normalized spacial score (nSPS) is 32.6. The van der Waals surface area contributed by atoms with Crippen LogP contribution in [0.15, 0.2) is 24.3 Å². The van der Waals surface area contributed by atoms with E-state index in [1.165, 1.54) is 36.8 Å². The summed E-state index contributed by atoms with van der Waals surface area (Å²) in [4.78, 5) is 12.3. The van der Waals surface area contributed by atoms with Crippen molar-refractivity contribution in [1.82, 2.24) is 0 Å². The van der Waals surface area contributed by atoms with Crippen LogP contribution in [0, 0.1) is 17.8 Å². The fourth-order valence-electron chi connectivity index (χ4n) is 3.92. The molecule has 94 valence electrons. The number of hydrogen-bond acceptors (Lipinski definition) is 1. The lowest BCUT2D eigenvalue weighted by Crippen LogP contribution is -2.03. The standard InChI is InChI=1S/C17H20O/c18-15(10-7-11-5-6-11)17-14-9-8-12-3-1-2-4-13(12)16(14)17/h1-4,11,14,16-17H,5-10H2. The molecule has 0 amide bonds. The molecule has 2 fully saturated rings. The first-order valence-corrected chi connectivity index (χ1v) is 7.45. The number of carbonyl (C=O) groups excluding carboxylic acids is 1. The summed E-state index contributed by atoms with van der Waals surface area (Å²) in [6.07, 6.45) is 7.17.